The Balaban J connectivity index is 1.52. The van der Waals surface area contributed by atoms with Crippen molar-refractivity contribution >= 4 is 29.1 Å². The minimum absolute atomic E-state index is 0.0865. The van der Waals surface area contributed by atoms with Crippen LogP contribution in [0.3, 0.4) is 0 Å². The van der Waals surface area contributed by atoms with Gasteiger partial charge in [0.05, 0.1) is 16.8 Å². The van der Waals surface area contributed by atoms with Crippen LogP contribution in [0.15, 0.2) is 72.9 Å². The van der Waals surface area contributed by atoms with Crippen molar-refractivity contribution in [3.05, 3.63) is 94.8 Å². The summed E-state index contributed by atoms with van der Waals surface area (Å²) >= 11 is 6.02. The molecule has 5 nitrogen and oxygen atoms in total. The molecular formula is C23H20ClN3O2. The maximum Gasteiger partial charge on any atom is 0.258 e. The SMILES string of the molecule is O=C(Nc1ccccc1C(=O)N1CCC(c2ccccc2)C1)c1cccnc1Cl. The zero-order valence-corrected chi connectivity index (χ0v) is 16.5. The molecule has 1 aliphatic heterocycles. The lowest BCUT2D eigenvalue weighted by Gasteiger charge is -2.19. The van der Waals surface area contributed by atoms with Crippen LogP contribution < -0.4 is 5.32 Å². The van der Waals surface area contributed by atoms with Gasteiger partial charge in [0.1, 0.15) is 5.15 Å². The zero-order valence-electron chi connectivity index (χ0n) is 15.7. The van der Waals surface area contributed by atoms with E-state index in [2.05, 4.69) is 22.4 Å². The van der Waals surface area contributed by atoms with Crippen LogP contribution >= 0.6 is 11.6 Å². The number of para-hydroxylation sites is 1. The van der Waals surface area contributed by atoms with Gasteiger partial charge in [-0.05, 0) is 36.2 Å². The summed E-state index contributed by atoms with van der Waals surface area (Å²) in [4.78, 5) is 31.5. The van der Waals surface area contributed by atoms with Gasteiger partial charge in [-0.15, -0.1) is 0 Å². The first kappa shape index (κ1) is 19.2. The minimum Gasteiger partial charge on any atom is -0.338 e. The fraction of sp³-hybridized carbons (Fsp3) is 0.174. The largest absolute Gasteiger partial charge is 0.338 e. The summed E-state index contributed by atoms with van der Waals surface area (Å²) in [5.74, 6) is -0.153. The standard InChI is InChI=1S/C23H20ClN3O2/c24-21-19(10-6-13-25-21)22(28)26-20-11-5-4-9-18(20)23(29)27-14-12-17(15-27)16-7-2-1-3-8-16/h1-11,13,17H,12,14-15H2,(H,26,28). The molecule has 0 bridgehead atoms. The highest BCUT2D eigenvalue weighted by Crippen LogP contribution is 2.29. The number of likely N-dealkylation sites (tertiary alicyclic amines) is 1. The number of rotatable bonds is 4. The molecule has 2 amide bonds. The van der Waals surface area contributed by atoms with Gasteiger partial charge >= 0.3 is 0 Å². The number of carbonyl (C=O) groups is 2. The molecule has 1 aliphatic rings. The predicted molar refractivity (Wildman–Crippen MR) is 113 cm³/mol. The molecule has 0 spiro atoms. The number of halogens is 1. The molecule has 2 aromatic carbocycles. The van der Waals surface area contributed by atoms with Crippen molar-refractivity contribution in [2.45, 2.75) is 12.3 Å². The van der Waals surface area contributed by atoms with Gasteiger partial charge in [0.25, 0.3) is 11.8 Å². The minimum atomic E-state index is -0.396. The number of nitrogens with zero attached hydrogens (tertiary/aromatic N) is 2. The molecule has 146 valence electrons. The number of carbonyl (C=O) groups excluding carboxylic acids is 2. The molecule has 29 heavy (non-hydrogen) atoms. The summed E-state index contributed by atoms with van der Waals surface area (Å²) in [7, 11) is 0. The smallest absolute Gasteiger partial charge is 0.258 e. The Bertz CT molecular complexity index is 1040. The average molecular weight is 406 g/mol. The zero-order chi connectivity index (χ0) is 20.2. The first-order valence-corrected chi connectivity index (χ1v) is 9.86. The van der Waals surface area contributed by atoms with Crippen molar-refractivity contribution in [3.63, 3.8) is 0 Å². The number of pyridine rings is 1. The Labute approximate surface area is 174 Å². The molecule has 6 heteroatoms. The first-order chi connectivity index (χ1) is 14.1. The van der Waals surface area contributed by atoms with Gasteiger partial charge in [0, 0.05) is 25.2 Å². The number of hydrogen-bond donors (Lipinski definition) is 1. The Morgan fingerprint density at radius 2 is 1.69 bits per heavy atom. The molecule has 0 aliphatic carbocycles. The van der Waals surface area contributed by atoms with Crippen LogP contribution in [-0.2, 0) is 0 Å². The third-order valence-corrected chi connectivity index (χ3v) is 5.46. The molecule has 1 atom stereocenters. The Kier molecular flexibility index (Phi) is 5.58. The summed E-state index contributed by atoms with van der Waals surface area (Å²) in [5.41, 5.74) is 2.44. The maximum atomic E-state index is 13.2. The van der Waals surface area contributed by atoms with Gasteiger partial charge in [-0.1, -0.05) is 54.1 Å². The predicted octanol–water partition coefficient (Wildman–Crippen LogP) is 4.62. The molecular weight excluding hydrogens is 386 g/mol. The van der Waals surface area contributed by atoms with Crippen LogP contribution in [0.25, 0.3) is 0 Å². The second-order valence-electron chi connectivity index (χ2n) is 6.99. The fourth-order valence-electron chi connectivity index (χ4n) is 3.64. The average Bonchev–Trinajstić information content (AvgIpc) is 3.25. The van der Waals surface area contributed by atoms with Gasteiger partial charge in [-0.3, -0.25) is 9.59 Å². The summed E-state index contributed by atoms with van der Waals surface area (Å²) < 4.78 is 0. The van der Waals surface area contributed by atoms with E-state index in [0.717, 1.165) is 6.42 Å². The third kappa shape index (κ3) is 4.15. The van der Waals surface area contributed by atoms with Crippen LogP contribution in [0.2, 0.25) is 5.15 Å². The molecule has 3 aromatic rings. The molecule has 0 saturated carbocycles. The quantitative estimate of drug-likeness (QED) is 0.644. The Morgan fingerprint density at radius 1 is 0.966 bits per heavy atom. The lowest BCUT2D eigenvalue weighted by atomic mass is 9.99. The molecule has 1 N–H and O–H groups in total. The molecule has 1 unspecified atom stereocenters. The van der Waals surface area contributed by atoms with Crippen LogP contribution in [0.1, 0.15) is 38.6 Å². The van der Waals surface area contributed by atoms with Crippen LogP contribution in [0.4, 0.5) is 5.69 Å². The van der Waals surface area contributed by atoms with Crippen molar-refractivity contribution in [2.24, 2.45) is 0 Å². The normalized spacial score (nSPS) is 15.9. The van der Waals surface area contributed by atoms with Gasteiger partial charge in [0.2, 0.25) is 0 Å². The fourth-order valence-corrected chi connectivity index (χ4v) is 3.84. The van der Waals surface area contributed by atoms with E-state index in [1.807, 2.05) is 23.1 Å². The first-order valence-electron chi connectivity index (χ1n) is 9.48. The molecule has 4 rings (SSSR count). The highest BCUT2D eigenvalue weighted by Gasteiger charge is 2.29. The highest BCUT2D eigenvalue weighted by atomic mass is 35.5. The molecule has 1 fully saturated rings. The van der Waals surface area contributed by atoms with Crippen molar-refractivity contribution in [2.75, 3.05) is 18.4 Å². The van der Waals surface area contributed by atoms with E-state index in [-0.39, 0.29) is 16.6 Å². The molecule has 0 radical (unpaired) electrons. The van der Waals surface area contributed by atoms with E-state index in [1.165, 1.54) is 11.8 Å². The van der Waals surface area contributed by atoms with E-state index in [0.29, 0.717) is 30.3 Å². The summed E-state index contributed by atoms with van der Waals surface area (Å²) in [6, 6.07) is 20.5. The lowest BCUT2D eigenvalue weighted by Crippen LogP contribution is -2.29. The van der Waals surface area contributed by atoms with Crippen LogP contribution in [0.5, 0.6) is 0 Å². The van der Waals surface area contributed by atoms with Crippen molar-refractivity contribution in [1.82, 2.24) is 9.88 Å². The summed E-state index contributed by atoms with van der Waals surface area (Å²) in [6.45, 7) is 1.36. The van der Waals surface area contributed by atoms with E-state index >= 15 is 0 Å². The van der Waals surface area contributed by atoms with Gasteiger partial charge in [-0.2, -0.15) is 0 Å². The number of benzene rings is 2. The topological polar surface area (TPSA) is 62.3 Å². The molecule has 2 heterocycles. The number of anilines is 1. The van der Waals surface area contributed by atoms with Crippen molar-refractivity contribution in [1.29, 1.82) is 0 Å². The monoisotopic (exact) mass is 405 g/mol. The Morgan fingerprint density at radius 3 is 2.48 bits per heavy atom. The van der Waals surface area contributed by atoms with Crippen molar-refractivity contribution in [3.8, 4) is 0 Å². The number of nitrogens with one attached hydrogen (secondary N) is 1. The maximum absolute atomic E-state index is 13.2. The Hall–Kier alpha value is -3.18. The third-order valence-electron chi connectivity index (χ3n) is 5.16. The van der Waals surface area contributed by atoms with E-state index in [1.54, 1.807) is 36.4 Å². The van der Waals surface area contributed by atoms with E-state index in [4.69, 9.17) is 11.6 Å². The van der Waals surface area contributed by atoms with E-state index in [9.17, 15) is 9.59 Å². The summed E-state index contributed by atoms with van der Waals surface area (Å²) in [6.07, 6.45) is 2.45. The number of aromatic nitrogens is 1. The molecule has 1 saturated heterocycles. The van der Waals surface area contributed by atoms with Crippen LogP contribution in [-0.4, -0.2) is 34.8 Å². The highest BCUT2D eigenvalue weighted by molar-refractivity contribution is 6.33. The number of amides is 2. The van der Waals surface area contributed by atoms with Crippen molar-refractivity contribution < 1.29 is 9.59 Å². The lowest BCUT2D eigenvalue weighted by molar-refractivity contribution is 0.0792. The van der Waals surface area contributed by atoms with Gasteiger partial charge in [-0.25, -0.2) is 4.98 Å². The van der Waals surface area contributed by atoms with Gasteiger partial charge < -0.3 is 10.2 Å². The second-order valence-corrected chi connectivity index (χ2v) is 7.35. The number of hydrogen-bond acceptors (Lipinski definition) is 3. The van der Waals surface area contributed by atoms with Crippen LogP contribution in [0, 0.1) is 0 Å². The van der Waals surface area contributed by atoms with Gasteiger partial charge in [0.15, 0.2) is 0 Å². The second kappa shape index (κ2) is 8.45. The molecule has 1 aromatic heterocycles. The summed E-state index contributed by atoms with van der Waals surface area (Å²) in [5, 5.41) is 2.93. The van der Waals surface area contributed by atoms with E-state index < -0.39 is 5.91 Å².